The summed E-state index contributed by atoms with van der Waals surface area (Å²) in [7, 11) is -0.0343. The summed E-state index contributed by atoms with van der Waals surface area (Å²) in [6, 6.07) is 5.54. The van der Waals surface area contributed by atoms with Crippen LogP contribution < -0.4 is 4.74 Å². The van der Waals surface area contributed by atoms with Crippen LogP contribution in [0.5, 0.6) is 5.75 Å². The fraction of sp³-hybridized carbons (Fsp3) is 0.682. The molecule has 1 aliphatic rings. The van der Waals surface area contributed by atoms with E-state index >= 15 is 0 Å². The van der Waals surface area contributed by atoms with Gasteiger partial charge in [-0.2, -0.15) is 0 Å². The van der Waals surface area contributed by atoms with E-state index in [4.69, 9.17) is 18.6 Å². The standard InChI is InChI=1S/C22H36O6Si/c1-8-26-17-11-10-15(14-16(17)19(21(2,3)4)28-29(6)7)18(23)22(20(24)25-5)12-9-13-27-22/h10-11,14,18-19,23,29H,8-9,12-13H2,1-7H3. The summed E-state index contributed by atoms with van der Waals surface area (Å²) in [5.41, 5.74) is -0.0604. The summed E-state index contributed by atoms with van der Waals surface area (Å²) in [4.78, 5) is 12.5. The fourth-order valence-corrected chi connectivity index (χ4v) is 4.94. The van der Waals surface area contributed by atoms with Crippen LogP contribution in [0.3, 0.4) is 0 Å². The van der Waals surface area contributed by atoms with E-state index in [1.807, 2.05) is 19.1 Å². The Labute approximate surface area is 176 Å². The molecule has 1 heterocycles. The van der Waals surface area contributed by atoms with Crippen LogP contribution in [0.25, 0.3) is 0 Å². The molecule has 0 amide bonds. The average Bonchev–Trinajstić information content (AvgIpc) is 3.15. The van der Waals surface area contributed by atoms with Crippen molar-refractivity contribution in [1.29, 1.82) is 0 Å². The second kappa shape index (κ2) is 9.60. The molecular weight excluding hydrogens is 388 g/mol. The molecule has 0 radical (unpaired) electrons. The van der Waals surface area contributed by atoms with E-state index < -0.39 is 26.7 Å². The number of carbonyl (C=O) groups excluding carboxylic acids is 1. The Hall–Kier alpha value is -1.41. The molecule has 1 N–H and O–H groups in total. The van der Waals surface area contributed by atoms with Gasteiger partial charge in [0.2, 0.25) is 0 Å². The third-order valence-electron chi connectivity index (χ3n) is 5.15. The minimum Gasteiger partial charge on any atom is -0.493 e. The van der Waals surface area contributed by atoms with Crippen LogP contribution in [0.15, 0.2) is 18.2 Å². The number of rotatable bonds is 8. The molecule has 1 aromatic carbocycles. The lowest BCUT2D eigenvalue weighted by molar-refractivity contribution is -0.178. The number of aliphatic hydroxyl groups is 1. The quantitative estimate of drug-likeness (QED) is 0.503. The summed E-state index contributed by atoms with van der Waals surface area (Å²) < 4.78 is 23.0. The molecule has 0 aliphatic carbocycles. The Bertz CT molecular complexity index is 691. The predicted molar refractivity (Wildman–Crippen MR) is 115 cm³/mol. The molecule has 1 aromatic rings. The van der Waals surface area contributed by atoms with Crippen LogP contribution in [0, 0.1) is 5.41 Å². The summed E-state index contributed by atoms with van der Waals surface area (Å²) >= 11 is 0. The maximum atomic E-state index is 12.5. The van der Waals surface area contributed by atoms with Crippen molar-refractivity contribution in [3.05, 3.63) is 29.3 Å². The first-order chi connectivity index (χ1) is 13.6. The maximum Gasteiger partial charge on any atom is 0.341 e. The molecule has 1 aliphatic heterocycles. The van der Waals surface area contributed by atoms with Crippen molar-refractivity contribution < 1.29 is 28.5 Å². The Morgan fingerprint density at radius 2 is 2.03 bits per heavy atom. The Kier molecular flexibility index (Phi) is 7.90. The minimum atomic E-state index is -1.37. The summed E-state index contributed by atoms with van der Waals surface area (Å²) in [5, 5.41) is 11.2. The molecule has 0 spiro atoms. The molecule has 164 valence electrons. The van der Waals surface area contributed by atoms with E-state index in [0.29, 0.717) is 31.6 Å². The maximum absolute atomic E-state index is 12.5. The minimum absolute atomic E-state index is 0.170. The van der Waals surface area contributed by atoms with E-state index in [1.54, 1.807) is 6.07 Å². The van der Waals surface area contributed by atoms with Crippen molar-refractivity contribution >= 4 is 15.0 Å². The number of aliphatic hydroxyl groups excluding tert-OH is 1. The van der Waals surface area contributed by atoms with Crippen LogP contribution in [0.2, 0.25) is 13.1 Å². The number of ether oxygens (including phenoxy) is 3. The van der Waals surface area contributed by atoms with E-state index in [-0.39, 0.29) is 11.5 Å². The second-order valence-corrected chi connectivity index (χ2v) is 11.3. The van der Waals surface area contributed by atoms with E-state index in [2.05, 4.69) is 33.9 Å². The molecular formula is C22H36O6Si. The molecule has 3 unspecified atom stereocenters. The number of benzene rings is 1. The molecule has 6 nitrogen and oxygen atoms in total. The van der Waals surface area contributed by atoms with Gasteiger partial charge in [-0.3, -0.25) is 0 Å². The van der Waals surface area contributed by atoms with Gasteiger partial charge in [0.25, 0.3) is 0 Å². The van der Waals surface area contributed by atoms with Crippen LogP contribution in [0.4, 0.5) is 0 Å². The lowest BCUT2D eigenvalue weighted by Crippen LogP contribution is -2.45. The summed E-state index contributed by atoms with van der Waals surface area (Å²) in [6.07, 6.45) is -0.213. The highest BCUT2D eigenvalue weighted by Crippen LogP contribution is 2.44. The second-order valence-electron chi connectivity index (χ2n) is 8.90. The fourth-order valence-electron chi connectivity index (χ4n) is 3.84. The normalized spacial score (nSPS) is 21.8. The largest absolute Gasteiger partial charge is 0.493 e. The van der Waals surface area contributed by atoms with Gasteiger partial charge in [-0.1, -0.05) is 26.8 Å². The predicted octanol–water partition coefficient (Wildman–Crippen LogP) is 3.93. The SMILES string of the molecule is CCOc1ccc(C(O)C2(C(=O)OC)CCCO2)cc1C(O[SiH](C)C)C(C)(C)C. The van der Waals surface area contributed by atoms with Gasteiger partial charge in [0.05, 0.1) is 19.8 Å². The molecule has 1 saturated heterocycles. The lowest BCUT2D eigenvalue weighted by atomic mass is 9.82. The van der Waals surface area contributed by atoms with E-state index in [9.17, 15) is 9.90 Å². The number of hydrogen-bond acceptors (Lipinski definition) is 6. The van der Waals surface area contributed by atoms with Crippen LogP contribution in [-0.4, -0.2) is 46.0 Å². The first-order valence-electron chi connectivity index (χ1n) is 10.4. The first kappa shape index (κ1) is 23.9. The van der Waals surface area contributed by atoms with Crippen molar-refractivity contribution in [1.82, 2.24) is 0 Å². The molecule has 3 atom stereocenters. The molecule has 0 aromatic heterocycles. The van der Waals surface area contributed by atoms with Crippen LogP contribution in [0.1, 0.15) is 63.9 Å². The topological polar surface area (TPSA) is 74.2 Å². The summed E-state index contributed by atoms with van der Waals surface area (Å²) in [5.74, 6) is 0.189. The van der Waals surface area contributed by atoms with Gasteiger partial charge in [-0.05, 0) is 56.0 Å². The zero-order valence-electron chi connectivity index (χ0n) is 18.8. The molecule has 0 saturated carbocycles. The Morgan fingerprint density at radius 3 is 2.52 bits per heavy atom. The Morgan fingerprint density at radius 1 is 1.34 bits per heavy atom. The number of methoxy groups -OCH3 is 1. The molecule has 2 rings (SSSR count). The van der Waals surface area contributed by atoms with Crippen molar-refractivity contribution in [2.24, 2.45) is 5.41 Å². The average molecular weight is 425 g/mol. The number of esters is 1. The zero-order chi connectivity index (χ0) is 21.8. The summed E-state index contributed by atoms with van der Waals surface area (Å²) in [6.45, 7) is 13.5. The monoisotopic (exact) mass is 424 g/mol. The lowest BCUT2D eigenvalue weighted by Gasteiger charge is -2.35. The first-order valence-corrected chi connectivity index (χ1v) is 13.2. The van der Waals surface area contributed by atoms with Crippen LogP contribution >= 0.6 is 0 Å². The van der Waals surface area contributed by atoms with Gasteiger partial charge in [-0.25, -0.2) is 4.79 Å². The van der Waals surface area contributed by atoms with Crippen molar-refractivity contribution in [2.75, 3.05) is 20.3 Å². The molecule has 29 heavy (non-hydrogen) atoms. The van der Waals surface area contributed by atoms with Gasteiger partial charge >= 0.3 is 5.97 Å². The van der Waals surface area contributed by atoms with E-state index in [0.717, 1.165) is 11.3 Å². The smallest absolute Gasteiger partial charge is 0.341 e. The van der Waals surface area contributed by atoms with Gasteiger partial charge < -0.3 is 23.7 Å². The highest BCUT2D eigenvalue weighted by molar-refractivity contribution is 6.48. The van der Waals surface area contributed by atoms with Gasteiger partial charge in [-0.15, -0.1) is 0 Å². The van der Waals surface area contributed by atoms with Gasteiger partial charge in [0, 0.05) is 12.2 Å². The zero-order valence-corrected chi connectivity index (χ0v) is 19.9. The van der Waals surface area contributed by atoms with Crippen molar-refractivity contribution in [3.8, 4) is 5.75 Å². The number of carbonyl (C=O) groups is 1. The molecule has 0 bridgehead atoms. The number of hydrogen-bond donors (Lipinski definition) is 1. The van der Waals surface area contributed by atoms with Crippen LogP contribution in [-0.2, 0) is 18.7 Å². The third-order valence-corrected chi connectivity index (χ3v) is 5.97. The Balaban J connectivity index is 2.54. The highest BCUT2D eigenvalue weighted by Gasteiger charge is 2.51. The van der Waals surface area contributed by atoms with Crippen molar-refractivity contribution in [3.63, 3.8) is 0 Å². The molecule has 7 heteroatoms. The van der Waals surface area contributed by atoms with Crippen molar-refractivity contribution in [2.45, 2.75) is 71.4 Å². The molecule has 1 fully saturated rings. The van der Waals surface area contributed by atoms with Gasteiger partial charge in [0.1, 0.15) is 11.9 Å². The third kappa shape index (κ3) is 5.20. The van der Waals surface area contributed by atoms with Gasteiger partial charge in [0.15, 0.2) is 14.6 Å². The highest BCUT2D eigenvalue weighted by atomic mass is 28.3. The van der Waals surface area contributed by atoms with E-state index in [1.165, 1.54) is 7.11 Å².